The van der Waals surface area contributed by atoms with E-state index in [1.54, 1.807) is 36.4 Å². The van der Waals surface area contributed by atoms with Crippen molar-refractivity contribution in [1.29, 1.82) is 0 Å². The predicted molar refractivity (Wildman–Crippen MR) is 109 cm³/mol. The Hall–Kier alpha value is -3.16. The van der Waals surface area contributed by atoms with E-state index in [1.807, 2.05) is 0 Å². The average Bonchev–Trinajstić information content (AvgIpc) is 3.18. The van der Waals surface area contributed by atoms with Crippen molar-refractivity contribution < 1.29 is 18.4 Å². The summed E-state index contributed by atoms with van der Waals surface area (Å²) in [6, 6.07) is 14.3. The highest BCUT2D eigenvalue weighted by molar-refractivity contribution is 6.30. The normalized spacial score (nSPS) is 10.6. The smallest absolute Gasteiger partial charge is 0.253 e. The molecule has 0 spiro atoms. The first-order valence-corrected chi connectivity index (χ1v) is 9.21. The predicted octanol–water partition coefficient (Wildman–Crippen LogP) is 3.83. The van der Waals surface area contributed by atoms with Crippen LogP contribution in [0.1, 0.15) is 16.1 Å². The molecule has 3 N–H and O–H groups in total. The molecule has 0 aliphatic carbocycles. The number of hydrogen-bond acceptors (Lipinski definition) is 4. The van der Waals surface area contributed by atoms with Gasteiger partial charge in [-0.2, -0.15) is 0 Å². The molecule has 0 unspecified atom stereocenters. The minimum absolute atomic E-state index is 0.00361. The molecule has 2 aromatic carbocycles. The van der Waals surface area contributed by atoms with E-state index in [0.29, 0.717) is 27.8 Å². The van der Waals surface area contributed by atoms with Gasteiger partial charge in [0.05, 0.1) is 29.9 Å². The van der Waals surface area contributed by atoms with Gasteiger partial charge in [0.1, 0.15) is 17.3 Å². The van der Waals surface area contributed by atoms with Gasteiger partial charge in [0.2, 0.25) is 5.91 Å². The summed E-state index contributed by atoms with van der Waals surface area (Å²) in [4.78, 5) is 24.0. The summed E-state index contributed by atoms with van der Waals surface area (Å²) >= 11 is 5.91. The maximum Gasteiger partial charge on any atom is 0.253 e. The number of anilines is 1. The standard InChI is InChI=1S/C21H19ClFN3O3/c1-24-21(28)15-4-2-3-5-18(15)26-20(27)12-25-11-14-7-9-19(29-14)16-10-13(22)6-8-17(16)23/h2-10,25H,11-12H2,1H3,(H,24,28)(H,26,27). The third kappa shape index (κ3) is 5.22. The topological polar surface area (TPSA) is 83.4 Å². The van der Waals surface area contributed by atoms with Gasteiger partial charge in [-0.15, -0.1) is 0 Å². The lowest BCUT2D eigenvalue weighted by Gasteiger charge is -2.10. The second kappa shape index (κ2) is 9.36. The Kier molecular flexibility index (Phi) is 6.64. The Bertz CT molecular complexity index is 1040. The van der Waals surface area contributed by atoms with Crippen LogP contribution in [-0.4, -0.2) is 25.4 Å². The minimum atomic E-state index is -0.433. The van der Waals surface area contributed by atoms with Crippen LogP contribution in [0.3, 0.4) is 0 Å². The Morgan fingerprint density at radius 3 is 2.69 bits per heavy atom. The van der Waals surface area contributed by atoms with Crippen molar-refractivity contribution in [3.8, 4) is 11.3 Å². The molecule has 0 aliphatic rings. The monoisotopic (exact) mass is 415 g/mol. The number of rotatable bonds is 7. The van der Waals surface area contributed by atoms with Crippen molar-refractivity contribution in [1.82, 2.24) is 10.6 Å². The van der Waals surface area contributed by atoms with Gasteiger partial charge in [-0.1, -0.05) is 23.7 Å². The van der Waals surface area contributed by atoms with Crippen LogP contribution >= 0.6 is 11.6 Å². The van der Waals surface area contributed by atoms with Crippen LogP contribution in [-0.2, 0) is 11.3 Å². The lowest BCUT2D eigenvalue weighted by atomic mass is 10.1. The second-order valence-corrected chi connectivity index (χ2v) is 6.60. The summed E-state index contributed by atoms with van der Waals surface area (Å²) in [5.41, 5.74) is 1.07. The van der Waals surface area contributed by atoms with Crippen LogP contribution in [0.5, 0.6) is 0 Å². The molecule has 0 bridgehead atoms. The van der Waals surface area contributed by atoms with Gasteiger partial charge in [0.25, 0.3) is 5.91 Å². The summed E-state index contributed by atoms with van der Waals surface area (Å²) in [7, 11) is 1.52. The number of carbonyl (C=O) groups is 2. The van der Waals surface area contributed by atoms with E-state index in [4.69, 9.17) is 16.0 Å². The summed E-state index contributed by atoms with van der Waals surface area (Å²) in [5.74, 6) is -0.139. The molecule has 0 aliphatic heterocycles. The molecule has 150 valence electrons. The SMILES string of the molecule is CNC(=O)c1ccccc1NC(=O)CNCc1ccc(-c2cc(Cl)ccc2F)o1. The average molecular weight is 416 g/mol. The molecule has 29 heavy (non-hydrogen) atoms. The largest absolute Gasteiger partial charge is 0.460 e. The van der Waals surface area contributed by atoms with Crippen LogP contribution in [0, 0.1) is 5.82 Å². The van der Waals surface area contributed by atoms with Gasteiger partial charge in [-0.25, -0.2) is 4.39 Å². The van der Waals surface area contributed by atoms with Gasteiger partial charge in [-0.05, 0) is 42.5 Å². The number of nitrogens with one attached hydrogen (secondary N) is 3. The number of amides is 2. The molecule has 0 saturated carbocycles. The third-order valence-corrected chi connectivity index (χ3v) is 4.35. The molecule has 8 heteroatoms. The minimum Gasteiger partial charge on any atom is -0.460 e. The Morgan fingerprint density at radius 1 is 1.10 bits per heavy atom. The zero-order valence-corrected chi connectivity index (χ0v) is 16.3. The Balaban J connectivity index is 1.56. The Morgan fingerprint density at radius 2 is 1.90 bits per heavy atom. The first-order chi connectivity index (χ1) is 14.0. The second-order valence-electron chi connectivity index (χ2n) is 6.17. The quantitative estimate of drug-likeness (QED) is 0.547. The van der Waals surface area contributed by atoms with Gasteiger partial charge in [0, 0.05) is 12.1 Å². The molecule has 3 rings (SSSR count). The molecule has 6 nitrogen and oxygen atoms in total. The number of hydrogen-bond donors (Lipinski definition) is 3. The zero-order chi connectivity index (χ0) is 20.8. The molecule has 0 fully saturated rings. The molecule has 1 aromatic heterocycles. The fourth-order valence-corrected chi connectivity index (χ4v) is 2.89. The molecule has 1 heterocycles. The molecule has 3 aromatic rings. The molecule has 0 atom stereocenters. The highest BCUT2D eigenvalue weighted by atomic mass is 35.5. The Labute approximate surface area is 172 Å². The van der Waals surface area contributed by atoms with Gasteiger partial charge < -0.3 is 20.4 Å². The highest BCUT2D eigenvalue weighted by Gasteiger charge is 2.13. The van der Waals surface area contributed by atoms with E-state index in [2.05, 4.69) is 16.0 Å². The van der Waals surface area contributed by atoms with Gasteiger partial charge in [0.15, 0.2) is 0 Å². The van der Waals surface area contributed by atoms with Gasteiger partial charge in [-0.3, -0.25) is 9.59 Å². The summed E-state index contributed by atoms with van der Waals surface area (Å²) in [6.45, 7) is 0.274. The third-order valence-electron chi connectivity index (χ3n) is 4.11. The van der Waals surface area contributed by atoms with E-state index in [-0.39, 0.29) is 30.5 Å². The maximum absolute atomic E-state index is 13.9. The van der Waals surface area contributed by atoms with Crippen molar-refractivity contribution >= 4 is 29.1 Å². The number of furan rings is 1. The lowest BCUT2D eigenvalue weighted by molar-refractivity contribution is -0.115. The van der Waals surface area contributed by atoms with Crippen LogP contribution in [0.2, 0.25) is 5.02 Å². The fraction of sp³-hybridized carbons (Fsp3) is 0.143. The lowest BCUT2D eigenvalue weighted by Crippen LogP contribution is -2.29. The summed E-state index contributed by atoms with van der Waals surface area (Å²) in [6.07, 6.45) is 0. The molecule has 0 radical (unpaired) electrons. The van der Waals surface area contributed by atoms with Crippen LogP contribution in [0.15, 0.2) is 59.0 Å². The van der Waals surface area contributed by atoms with E-state index < -0.39 is 5.82 Å². The number of halogens is 2. The molecule has 0 saturated heterocycles. The van der Waals surface area contributed by atoms with Crippen molar-refractivity contribution in [2.75, 3.05) is 18.9 Å². The number of para-hydroxylation sites is 1. The summed E-state index contributed by atoms with van der Waals surface area (Å²) < 4.78 is 19.6. The van der Waals surface area contributed by atoms with Crippen molar-refractivity contribution in [3.63, 3.8) is 0 Å². The van der Waals surface area contributed by atoms with Crippen molar-refractivity contribution in [2.45, 2.75) is 6.54 Å². The zero-order valence-electron chi connectivity index (χ0n) is 15.6. The maximum atomic E-state index is 13.9. The van der Waals surface area contributed by atoms with Crippen LogP contribution in [0.4, 0.5) is 10.1 Å². The fourth-order valence-electron chi connectivity index (χ4n) is 2.72. The van der Waals surface area contributed by atoms with E-state index >= 15 is 0 Å². The first-order valence-electron chi connectivity index (χ1n) is 8.83. The van der Waals surface area contributed by atoms with Crippen LogP contribution in [0.25, 0.3) is 11.3 Å². The van der Waals surface area contributed by atoms with E-state index in [9.17, 15) is 14.0 Å². The summed E-state index contributed by atoms with van der Waals surface area (Å²) in [5, 5.41) is 8.59. The number of benzene rings is 2. The van der Waals surface area contributed by atoms with E-state index in [1.165, 1.54) is 25.2 Å². The molecule has 2 amide bonds. The highest BCUT2D eigenvalue weighted by Crippen LogP contribution is 2.27. The molecular weight excluding hydrogens is 397 g/mol. The van der Waals surface area contributed by atoms with Crippen molar-refractivity contribution in [3.05, 3.63) is 76.8 Å². The van der Waals surface area contributed by atoms with E-state index in [0.717, 1.165) is 0 Å². The number of carbonyl (C=O) groups excluding carboxylic acids is 2. The first kappa shape index (κ1) is 20.6. The van der Waals surface area contributed by atoms with Crippen LogP contribution < -0.4 is 16.0 Å². The van der Waals surface area contributed by atoms with Gasteiger partial charge >= 0.3 is 0 Å². The molecular formula is C21H19ClFN3O3. The van der Waals surface area contributed by atoms with Crippen molar-refractivity contribution in [2.24, 2.45) is 0 Å².